The van der Waals surface area contributed by atoms with Crippen LogP contribution in [0.3, 0.4) is 0 Å². The summed E-state index contributed by atoms with van der Waals surface area (Å²) in [6.07, 6.45) is 5.12. The first-order chi connectivity index (χ1) is 7.09. The van der Waals surface area contributed by atoms with Crippen molar-refractivity contribution in [2.24, 2.45) is 12.5 Å². The lowest BCUT2D eigenvalue weighted by molar-refractivity contribution is 0.216. The van der Waals surface area contributed by atoms with Crippen LogP contribution in [0.1, 0.15) is 39.5 Å². The molecule has 1 unspecified atom stereocenters. The number of hydrogen-bond donors (Lipinski definition) is 1. The first-order valence-electron chi connectivity index (χ1n) is 5.58. The van der Waals surface area contributed by atoms with Gasteiger partial charge in [0.15, 0.2) is 0 Å². The molecule has 0 radical (unpaired) electrons. The number of aromatic nitrogens is 4. The van der Waals surface area contributed by atoms with Crippen molar-refractivity contribution in [3.05, 3.63) is 0 Å². The smallest absolute Gasteiger partial charge is 0.242 e. The van der Waals surface area contributed by atoms with Crippen molar-refractivity contribution in [2.75, 3.05) is 5.32 Å². The number of rotatable bonds is 2. The summed E-state index contributed by atoms with van der Waals surface area (Å²) in [6.45, 7) is 4.63. The summed E-state index contributed by atoms with van der Waals surface area (Å²) >= 11 is 0. The Morgan fingerprint density at radius 2 is 2.20 bits per heavy atom. The molecule has 1 aliphatic carbocycles. The Hall–Kier alpha value is -1.13. The van der Waals surface area contributed by atoms with Crippen molar-refractivity contribution in [3.8, 4) is 0 Å². The van der Waals surface area contributed by atoms with Crippen molar-refractivity contribution < 1.29 is 0 Å². The van der Waals surface area contributed by atoms with E-state index in [9.17, 15) is 0 Å². The van der Waals surface area contributed by atoms with Gasteiger partial charge < -0.3 is 5.32 Å². The van der Waals surface area contributed by atoms with Crippen LogP contribution in [-0.4, -0.2) is 26.2 Å². The zero-order valence-corrected chi connectivity index (χ0v) is 9.69. The first-order valence-corrected chi connectivity index (χ1v) is 5.58. The van der Waals surface area contributed by atoms with E-state index in [4.69, 9.17) is 0 Å². The van der Waals surface area contributed by atoms with E-state index in [1.54, 1.807) is 4.68 Å². The first kappa shape index (κ1) is 10.4. The van der Waals surface area contributed by atoms with Gasteiger partial charge in [-0.2, -0.15) is 0 Å². The molecule has 1 aromatic rings. The third kappa shape index (κ3) is 2.11. The maximum Gasteiger partial charge on any atom is 0.242 e. The van der Waals surface area contributed by atoms with Crippen LogP contribution >= 0.6 is 0 Å². The van der Waals surface area contributed by atoms with Crippen LogP contribution in [0.25, 0.3) is 0 Å². The Bertz CT molecular complexity index is 330. The van der Waals surface area contributed by atoms with Crippen LogP contribution in [0.4, 0.5) is 5.95 Å². The SMILES string of the molecule is Cn1nnnc1NC1CCCCC1(C)C. The molecule has 1 saturated carbocycles. The van der Waals surface area contributed by atoms with E-state index in [0.717, 1.165) is 5.95 Å². The van der Waals surface area contributed by atoms with Crippen molar-refractivity contribution >= 4 is 5.95 Å². The zero-order valence-electron chi connectivity index (χ0n) is 9.69. The van der Waals surface area contributed by atoms with Crippen LogP contribution in [-0.2, 0) is 7.05 Å². The quantitative estimate of drug-likeness (QED) is 0.803. The molecule has 5 heteroatoms. The van der Waals surface area contributed by atoms with Crippen LogP contribution in [0.2, 0.25) is 0 Å². The van der Waals surface area contributed by atoms with Gasteiger partial charge >= 0.3 is 0 Å². The summed E-state index contributed by atoms with van der Waals surface area (Å²) in [7, 11) is 1.86. The summed E-state index contributed by atoms with van der Waals surface area (Å²) in [5.74, 6) is 0.773. The average molecular weight is 209 g/mol. The molecule has 1 atom stereocenters. The van der Waals surface area contributed by atoms with Gasteiger partial charge in [0.25, 0.3) is 0 Å². The highest BCUT2D eigenvalue weighted by molar-refractivity contribution is 5.24. The highest BCUT2D eigenvalue weighted by Crippen LogP contribution is 2.36. The number of hydrogen-bond acceptors (Lipinski definition) is 4. The van der Waals surface area contributed by atoms with Gasteiger partial charge in [0.05, 0.1) is 0 Å². The van der Waals surface area contributed by atoms with Crippen molar-refractivity contribution in [2.45, 2.75) is 45.6 Å². The normalized spacial score (nSPS) is 25.1. The molecule has 15 heavy (non-hydrogen) atoms. The molecule has 0 bridgehead atoms. The van der Waals surface area contributed by atoms with Gasteiger partial charge in [-0.05, 0) is 28.7 Å². The lowest BCUT2D eigenvalue weighted by Crippen LogP contribution is -2.39. The van der Waals surface area contributed by atoms with Crippen LogP contribution < -0.4 is 5.32 Å². The van der Waals surface area contributed by atoms with Gasteiger partial charge in [0.2, 0.25) is 5.95 Å². The standard InChI is InChI=1S/C10H19N5/c1-10(2)7-5-4-6-8(10)11-9-12-13-14-15(9)3/h8H,4-7H2,1-3H3,(H,11,12,14). The third-order valence-corrected chi connectivity index (χ3v) is 3.43. The summed E-state index contributed by atoms with van der Waals surface area (Å²) < 4.78 is 1.69. The molecule has 0 saturated heterocycles. The van der Waals surface area contributed by atoms with E-state index in [1.807, 2.05) is 7.05 Å². The molecule has 84 valence electrons. The molecule has 0 spiro atoms. The van der Waals surface area contributed by atoms with Gasteiger partial charge in [-0.3, -0.25) is 0 Å². The summed E-state index contributed by atoms with van der Waals surface area (Å²) in [4.78, 5) is 0. The lowest BCUT2D eigenvalue weighted by Gasteiger charge is -2.38. The van der Waals surface area contributed by atoms with Crippen molar-refractivity contribution in [1.82, 2.24) is 20.2 Å². The molecule has 0 amide bonds. The minimum Gasteiger partial charge on any atom is -0.350 e. The van der Waals surface area contributed by atoms with Crippen LogP contribution in [0.15, 0.2) is 0 Å². The highest BCUT2D eigenvalue weighted by Gasteiger charge is 2.32. The van der Waals surface area contributed by atoms with E-state index in [1.165, 1.54) is 25.7 Å². The molecule has 0 aromatic carbocycles. The van der Waals surface area contributed by atoms with Crippen molar-refractivity contribution in [1.29, 1.82) is 0 Å². The van der Waals surface area contributed by atoms with Gasteiger partial charge in [-0.1, -0.05) is 31.8 Å². The Balaban J connectivity index is 2.07. The second-order valence-electron chi connectivity index (χ2n) is 5.06. The maximum absolute atomic E-state index is 3.97. The maximum atomic E-state index is 3.97. The molecule has 2 rings (SSSR count). The number of nitrogens with zero attached hydrogens (tertiary/aromatic N) is 4. The predicted octanol–water partition coefficient (Wildman–Crippen LogP) is 1.59. The molecule has 0 aliphatic heterocycles. The third-order valence-electron chi connectivity index (χ3n) is 3.43. The molecule has 1 N–H and O–H groups in total. The number of nitrogens with one attached hydrogen (secondary N) is 1. The van der Waals surface area contributed by atoms with Gasteiger partial charge in [0, 0.05) is 13.1 Å². The fraction of sp³-hybridized carbons (Fsp3) is 0.900. The van der Waals surface area contributed by atoms with E-state index >= 15 is 0 Å². The molecular formula is C10H19N5. The Labute approximate surface area is 90.2 Å². The average Bonchev–Trinajstić information content (AvgIpc) is 2.56. The molecule has 1 aromatic heterocycles. The number of anilines is 1. The zero-order chi connectivity index (χ0) is 10.9. The van der Waals surface area contributed by atoms with Crippen molar-refractivity contribution in [3.63, 3.8) is 0 Å². The second-order valence-corrected chi connectivity index (χ2v) is 5.06. The Morgan fingerprint density at radius 3 is 2.80 bits per heavy atom. The highest BCUT2D eigenvalue weighted by atomic mass is 15.6. The van der Waals surface area contributed by atoms with Gasteiger partial charge in [0.1, 0.15) is 0 Å². The number of aryl methyl sites for hydroxylation is 1. The molecule has 5 nitrogen and oxygen atoms in total. The van der Waals surface area contributed by atoms with Gasteiger partial charge in [-0.25, -0.2) is 4.68 Å². The summed E-state index contributed by atoms with van der Waals surface area (Å²) in [5, 5.41) is 14.9. The molecule has 1 aliphatic rings. The number of tetrazole rings is 1. The fourth-order valence-corrected chi connectivity index (χ4v) is 2.27. The topological polar surface area (TPSA) is 55.6 Å². The molecule has 1 heterocycles. The monoisotopic (exact) mass is 209 g/mol. The Kier molecular flexibility index (Phi) is 2.63. The van der Waals surface area contributed by atoms with E-state index in [2.05, 4.69) is 34.7 Å². The van der Waals surface area contributed by atoms with E-state index in [-0.39, 0.29) is 0 Å². The predicted molar refractivity (Wildman–Crippen MR) is 58.5 cm³/mol. The summed E-state index contributed by atoms with van der Waals surface area (Å²) in [6, 6.07) is 0.482. The summed E-state index contributed by atoms with van der Waals surface area (Å²) in [5.41, 5.74) is 0.337. The second kappa shape index (κ2) is 3.79. The Morgan fingerprint density at radius 1 is 1.40 bits per heavy atom. The fourth-order valence-electron chi connectivity index (χ4n) is 2.27. The van der Waals surface area contributed by atoms with E-state index < -0.39 is 0 Å². The van der Waals surface area contributed by atoms with Crippen LogP contribution in [0, 0.1) is 5.41 Å². The van der Waals surface area contributed by atoms with Crippen LogP contribution in [0.5, 0.6) is 0 Å². The lowest BCUT2D eigenvalue weighted by atomic mass is 9.73. The molecule has 1 fully saturated rings. The largest absolute Gasteiger partial charge is 0.350 e. The van der Waals surface area contributed by atoms with E-state index in [0.29, 0.717) is 11.5 Å². The van der Waals surface area contributed by atoms with Gasteiger partial charge in [-0.15, -0.1) is 0 Å². The molecular weight excluding hydrogens is 190 g/mol. The minimum atomic E-state index is 0.337. The minimum absolute atomic E-state index is 0.337.